The second kappa shape index (κ2) is 8.25. The van der Waals surface area contributed by atoms with E-state index in [0.717, 1.165) is 16.9 Å². The summed E-state index contributed by atoms with van der Waals surface area (Å²) in [6.45, 7) is 2.66. The Morgan fingerprint density at radius 2 is 2.00 bits per heavy atom. The minimum atomic E-state index is -0.180. The van der Waals surface area contributed by atoms with Gasteiger partial charge in [-0.15, -0.1) is 0 Å². The molecular weight excluding hydrogens is 330 g/mol. The number of carbonyl (C=O) groups is 1. The van der Waals surface area contributed by atoms with Crippen molar-refractivity contribution in [1.82, 2.24) is 5.32 Å². The lowest BCUT2D eigenvalue weighted by atomic mass is 10.1. The number of benzene rings is 2. The van der Waals surface area contributed by atoms with Gasteiger partial charge in [0.15, 0.2) is 0 Å². The molecule has 0 fully saturated rings. The van der Waals surface area contributed by atoms with Crippen LogP contribution in [0.3, 0.4) is 0 Å². The predicted molar refractivity (Wildman–Crippen MR) is 98.4 cm³/mol. The number of carbonyl (C=O) groups excluding carboxylic acids is 1. The lowest BCUT2D eigenvalue weighted by Gasteiger charge is -2.12. The van der Waals surface area contributed by atoms with E-state index in [1.165, 1.54) is 0 Å². The van der Waals surface area contributed by atoms with Gasteiger partial charge < -0.3 is 19.2 Å². The second-order valence-corrected chi connectivity index (χ2v) is 5.89. The average molecular weight is 351 g/mol. The Balaban J connectivity index is 1.70. The predicted octanol–water partition coefficient (Wildman–Crippen LogP) is 4.11. The molecule has 2 aromatic carbocycles. The van der Waals surface area contributed by atoms with Gasteiger partial charge >= 0.3 is 0 Å². The second-order valence-electron chi connectivity index (χ2n) is 5.89. The normalized spacial score (nSPS) is 10.4. The SMILES string of the molecule is COc1ccc(C(=O)NCc2ccco2)cc1COc1cccc(C)c1. The van der Waals surface area contributed by atoms with E-state index in [1.54, 1.807) is 37.6 Å². The first-order valence-electron chi connectivity index (χ1n) is 8.32. The van der Waals surface area contributed by atoms with E-state index in [1.807, 2.05) is 37.3 Å². The molecule has 5 heteroatoms. The molecule has 0 atom stereocenters. The van der Waals surface area contributed by atoms with E-state index in [-0.39, 0.29) is 5.91 Å². The summed E-state index contributed by atoms with van der Waals surface area (Å²) in [4.78, 5) is 12.4. The number of amides is 1. The van der Waals surface area contributed by atoms with Crippen LogP contribution in [0.5, 0.6) is 11.5 Å². The summed E-state index contributed by atoms with van der Waals surface area (Å²) in [5.74, 6) is 1.98. The van der Waals surface area contributed by atoms with Crippen molar-refractivity contribution in [2.75, 3.05) is 7.11 Å². The van der Waals surface area contributed by atoms with Crippen molar-refractivity contribution in [3.8, 4) is 11.5 Å². The van der Waals surface area contributed by atoms with Crippen molar-refractivity contribution < 1.29 is 18.7 Å². The maximum Gasteiger partial charge on any atom is 0.251 e. The zero-order valence-electron chi connectivity index (χ0n) is 14.8. The number of methoxy groups -OCH3 is 1. The smallest absolute Gasteiger partial charge is 0.251 e. The Bertz CT molecular complexity index is 871. The molecule has 1 aromatic heterocycles. The van der Waals surface area contributed by atoms with Crippen molar-refractivity contribution in [3.05, 3.63) is 83.3 Å². The molecule has 0 saturated carbocycles. The summed E-state index contributed by atoms with van der Waals surface area (Å²) in [5, 5.41) is 2.83. The average Bonchev–Trinajstić information content (AvgIpc) is 3.18. The Kier molecular flexibility index (Phi) is 5.59. The van der Waals surface area contributed by atoms with E-state index in [9.17, 15) is 4.79 Å². The molecule has 1 amide bonds. The van der Waals surface area contributed by atoms with Gasteiger partial charge in [-0.1, -0.05) is 12.1 Å². The maximum atomic E-state index is 12.4. The molecule has 0 spiro atoms. The van der Waals surface area contributed by atoms with Gasteiger partial charge in [0.2, 0.25) is 0 Å². The van der Waals surface area contributed by atoms with E-state index in [4.69, 9.17) is 13.9 Å². The standard InChI is InChI=1S/C21H21NO4/c1-15-5-3-6-18(11-15)26-14-17-12-16(8-9-20(17)24-2)21(23)22-13-19-7-4-10-25-19/h3-12H,13-14H2,1-2H3,(H,22,23). The van der Waals surface area contributed by atoms with Crippen LogP contribution in [0.15, 0.2) is 65.3 Å². The third-order valence-corrected chi connectivity index (χ3v) is 3.93. The van der Waals surface area contributed by atoms with Crippen molar-refractivity contribution in [1.29, 1.82) is 0 Å². The summed E-state index contributed by atoms with van der Waals surface area (Å²) in [7, 11) is 1.60. The Labute approximate surface area is 152 Å². The number of furan rings is 1. The highest BCUT2D eigenvalue weighted by Crippen LogP contribution is 2.23. The number of hydrogen-bond donors (Lipinski definition) is 1. The van der Waals surface area contributed by atoms with Gasteiger partial charge in [0.1, 0.15) is 23.9 Å². The summed E-state index contributed by atoms with van der Waals surface area (Å²) in [6, 6.07) is 16.7. The van der Waals surface area contributed by atoms with Gasteiger partial charge in [0.05, 0.1) is 19.9 Å². The molecule has 0 aliphatic carbocycles. The minimum absolute atomic E-state index is 0.180. The van der Waals surface area contributed by atoms with Crippen molar-refractivity contribution in [2.45, 2.75) is 20.1 Å². The van der Waals surface area contributed by atoms with Crippen LogP contribution in [0.4, 0.5) is 0 Å². The summed E-state index contributed by atoms with van der Waals surface area (Å²) >= 11 is 0. The Hall–Kier alpha value is -3.21. The van der Waals surface area contributed by atoms with Crippen molar-refractivity contribution in [2.24, 2.45) is 0 Å². The Morgan fingerprint density at radius 3 is 2.73 bits per heavy atom. The summed E-state index contributed by atoms with van der Waals surface area (Å²) in [6.07, 6.45) is 1.58. The van der Waals surface area contributed by atoms with Gasteiger partial charge in [0, 0.05) is 11.1 Å². The monoisotopic (exact) mass is 351 g/mol. The van der Waals surface area contributed by atoms with E-state index < -0.39 is 0 Å². The fourth-order valence-electron chi connectivity index (χ4n) is 2.58. The van der Waals surface area contributed by atoms with Crippen LogP contribution in [-0.4, -0.2) is 13.0 Å². The highest BCUT2D eigenvalue weighted by Gasteiger charge is 2.11. The van der Waals surface area contributed by atoms with Crippen LogP contribution < -0.4 is 14.8 Å². The number of rotatable bonds is 7. The molecule has 5 nitrogen and oxygen atoms in total. The summed E-state index contributed by atoms with van der Waals surface area (Å²) < 4.78 is 16.4. The molecule has 0 saturated heterocycles. The molecule has 0 aliphatic rings. The first-order chi connectivity index (χ1) is 12.7. The van der Waals surface area contributed by atoms with Crippen LogP contribution in [0.2, 0.25) is 0 Å². The summed E-state index contributed by atoms with van der Waals surface area (Å²) in [5.41, 5.74) is 2.47. The van der Waals surface area contributed by atoms with Crippen molar-refractivity contribution >= 4 is 5.91 Å². The Morgan fingerprint density at radius 1 is 1.12 bits per heavy atom. The number of ether oxygens (including phenoxy) is 2. The van der Waals surface area contributed by atoms with Gasteiger partial charge in [-0.05, 0) is 55.0 Å². The molecule has 26 heavy (non-hydrogen) atoms. The number of nitrogens with one attached hydrogen (secondary N) is 1. The molecule has 0 radical (unpaired) electrons. The van der Waals surface area contributed by atoms with Crippen LogP contribution >= 0.6 is 0 Å². The zero-order valence-corrected chi connectivity index (χ0v) is 14.8. The fourth-order valence-corrected chi connectivity index (χ4v) is 2.58. The molecule has 3 aromatic rings. The molecule has 3 rings (SSSR count). The quantitative estimate of drug-likeness (QED) is 0.696. The molecule has 1 N–H and O–H groups in total. The van der Waals surface area contributed by atoms with Gasteiger partial charge in [-0.3, -0.25) is 4.79 Å². The highest BCUT2D eigenvalue weighted by atomic mass is 16.5. The zero-order chi connectivity index (χ0) is 18.4. The third kappa shape index (κ3) is 4.45. The van der Waals surface area contributed by atoms with Crippen LogP contribution in [0.25, 0.3) is 0 Å². The van der Waals surface area contributed by atoms with Crippen LogP contribution in [0, 0.1) is 6.92 Å². The molecular formula is C21H21NO4. The molecule has 0 unspecified atom stereocenters. The van der Waals surface area contributed by atoms with Gasteiger partial charge in [-0.2, -0.15) is 0 Å². The van der Waals surface area contributed by atoms with Gasteiger partial charge in [0.25, 0.3) is 5.91 Å². The highest BCUT2D eigenvalue weighted by molar-refractivity contribution is 5.94. The molecule has 1 heterocycles. The lowest BCUT2D eigenvalue weighted by Crippen LogP contribution is -2.22. The van der Waals surface area contributed by atoms with Crippen LogP contribution in [-0.2, 0) is 13.2 Å². The first-order valence-corrected chi connectivity index (χ1v) is 8.32. The molecule has 134 valence electrons. The fraction of sp³-hybridized carbons (Fsp3) is 0.190. The van der Waals surface area contributed by atoms with E-state index in [2.05, 4.69) is 5.32 Å². The molecule has 0 aliphatic heterocycles. The van der Waals surface area contributed by atoms with Crippen molar-refractivity contribution in [3.63, 3.8) is 0 Å². The van der Waals surface area contributed by atoms with E-state index >= 15 is 0 Å². The number of hydrogen-bond acceptors (Lipinski definition) is 4. The topological polar surface area (TPSA) is 60.7 Å². The van der Waals surface area contributed by atoms with E-state index in [0.29, 0.717) is 30.2 Å². The number of aryl methyl sites for hydroxylation is 1. The maximum absolute atomic E-state index is 12.4. The molecule has 0 bridgehead atoms. The largest absolute Gasteiger partial charge is 0.496 e. The minimum Gasteiger partial charge on any atom is -0.496 e. The first kappa shape index (κ1) is 17.6. The third-order valence-electron chi connectivity index (χ3n) is 3.93. The van der Waals surface area contributed by atoms with Gasteiger partial charge in [-0.25, -0.2) is 0 Å². The van der Waals surface area contributed by atoms with Crippen LogP contribution in [0.1, 0.15) is 27.2 Å². The lowest BCUT2D eigenvalue weighted by molar-refractivity contribution is 0.0948.